The summed E-state index contributed by atoms with van der Waals surface area (Å²) < 4.78 is 5.38. The standard InChI is InChI=1S/C22H14N2O5/c25-20-9-8-18(24(27)28)11-16(20)13-23-17-6-3-5-14(10-17)19-12-15-4-1-2-7-21(15)29-22(19)26/h1-13,25H. The van der Waals surface area contributed by atoms with Gasteiger partial charge in [-0.1, -0.05) is 30.3 Å². The average molecular weight is 386 g/mol. The lowest BCUT2D eigenvalue weighted by molar-refractivity contribution is -0.384. The smallest absolute Gasteiger partial charge is 0.344 e. The zero-order valence-electron chi connectivity index (χ0n) is 15.0. The Morgan fingerprint density at radius 1 is 1.00 bits per heavy atom. The van der Waals surface area contributed by atoms with Gasteiger partial charge in [-0.25, -0.2) is 4.79 Å². The summed E-state index contributed by atoms with van der Waals surface area (Å²) in [6.45, 7) is 0. The molecule has 7 nitrogen and oxygen atoms in total. The zero-order valence-corrected chi connectivity index (χ0v) is 15.0. The van der Waals surface area contributed by atoms with E-state index in [0.29, 0.717) is 22.4 Å². The Balaban J connectivity index is 1.71. The second kappa shape index (κ2) is 7.40. The fourth-order valence-electron chi connectivity index (χ4n) is 2.92. The van der Waals surface area contributed by atoms with Crippen LogP contribution in [0, 0.1) is 10.1 Å². The number of phenols is 1. The monoisotopic (exact) mass is 386 g/mol. The number of rotatable bonds is 4. The maximum absolute atomic E-state index is 12.4. The van der Waals surface area contributed by atoms with Gasteiger partial charge in [-0.05, 0) is 35.9 Å². The summed E-state index contributed by atoms with van der Waals surface area (Å²) in [5.74, 6) is -0.120. The summed E-state index contributed by atoms with van der Waals surface area (Å²) in [5.41, 5.74) is 1.67. The highest BCUT2D eigenvalue weighted by Gasteiger charge is 2.10. The van der Waals surface area contributed by atoms with Crippen LogP contribution >= 0.6 is 0 Å². The van der Waals surface area contributed by atoms with Crippen LogP contribution in [-0.4, -0.2) is 16.2 Å². The van der Waals surface area contributed by atoms with Crippen LogP contribution in [0.15, 0.2) is 87.0 Å². The fourth-order valence-corrected chi connectivity index (χ4v) is 2.92. The van der Waals surface area contributed by atoms with Crippen molar-refractivity contribution >= 4 is 28.6 Å². The Kier molecular flexibility index (Phi) is 4.62. The van der Waals surface area contributed by atoms with Crippen LogP contribution in [0.3, 0.4) is 0 Å². The molecule has 0 aliphatic carbocycles. The van der Waals surface area contributed by atoms with E-state index < -0.39 is 10.5 Å². The first-order valence-corrected chi connectivity index (χ1v) is 8.66. The molecule has 0 bridgehead atoms. The normalized spacial score (nSPS) is 11.2. The number of non-ortho nitro benzene ring substituents is 1. The van der Waals surface area contributed by atoms with Crippen molar-refractivity contribution in [2.45, 2.75) is 0 Å². The number of benzene rings is 3. The number of aromatic hydroxyl groups is 1. The van der Waals surface area contributed by atoms with E-state index in [1.807, 2.05) is 12.1 Å². The molecule has 0 aliphatic heterocycles. The third kappa shape index (κ3) is 3.74. The summed E-state index contributed by atoms with van der Waals surface area (Å²) in [6.07, 6.45) is 1.34. The minimum atomic E-state index is -0.545. The van der Waals surface area contributed by atoms with Crippen molar-refractivity contribution in [3.8, 4) is 16.9 Å². The van der Waals surface area contributed by atoms with Crippen LogP contribution in [0.1, 0.15) is 5.56 Å². The molecule has 7 heteroatoms. The second-order valence-electron chi connectivity index (χ2n) is 6.29. The number of hydrogen-bond donors (Lipinski definition) is 1. The highest BCUT2D eigenvalue weighted by molar-refractivity contribution is 5.87. The molecule has 0 aliphatic rings. The van der Waals surface area contributed by atoms with Crippen LogP contribution in [0.2, 0.25) is 0 Å². The first-order valence-electron chi connectivity index (χ1n) is 8.66. The first kappa shape index (κ1) is 18.1. The van der Waals surface area contributed by atoms with Crippen molar-refractivity contribution in [3.05, 3.63) is 98.9 Å². The fraction of sp³-hybridized carbons (Fsp3) is 0. The van der Waals surface area contributed by atoms with E-state index in [4.69, 9.17) is 4.42 Å². The lowest BCUT2D eigenvalue weighted by atomic mass is 10.1. The highest BCUT2D eigenvalue weighted by Crippen LogP contribution is 2.26. The predicted molar refractivity (Wildman–Crippen MR) is 110 cm³/mol. The van der Waals surface area contributed by atoms with Gasteiger partial charge in [-0.2, -0.15) is 0 Å². The molecule has 3 aromatic carbocycles. The Bertz CT molecular complexity index is 1320. The van der Waals surface area contributed by atoms with E-state index in [1.165, 1.54) is 24.4 Å². The number of para-hydroxylation sites is 1. The molecule has 1 aromatic heterocycles. The topological polar surface area (TPSA) is 106 Å². The summed E-state index contributed by atoms with van der Waals surface area (Å²) >= 11 is 0. The molecule has 0 atom stereocenters. The van der Waals surface area contributed by atoms with Gasteiger partial charge >= 0.3 is 5.63 Å². The van der Waals surface area contributed by atoms with Crippen LogP contribution in [-0.2, 0) is 0 Å². The van der Waals surface area contributed by atoms with E-state index in [1.54, 1.807) is 42.5 Å². The van der Waals surface area contributed by atoms with Gasteiger partial charge in [0.05, 0.1) is 16.2 Å². The van der Waals surface area contributed by atoms with Gasteiger partial charge in [0.2, 0.25) is 0 Å². The molecule has 4 rings (SSSR count). The average Bonchev–Trinajstić information content (AvgIpc) is 2.72. The Hall–Kier alpha value is -4.26. The van der Waals surface area contributed by atoms with Gasteiger partial charge in [-0.15, -0.1) is 0 Å². The highest BCUT2D eigenvalue weighted by atomic mass is 16.6. The van der Waals surface area contributed by atoms with Crippen molar-refractivity contribution in [2.75, 3.05) is 0 Å². The lowest BCUT2D eigenvalue weighted by Crippen LogP contribution is -2.02. The molecule has 1 N–H and O–H groups in total. The predicted octanol–water partition coefficient (Wildman–Crippen LogP) is 4.82. The minimum Gasteiger partial charge on any atom is -0.507 e. The summed E-state index contributed by atoms with van der Waals surface area (Å²) in [4.78, 5) is 27.0. The first-order chi connectivity index (χ1) is 14.0. The molecule has 4 aromatic rings. The van der Waals surface area contributed by atoms with E-state index in [0.717, 1.165) is 5.39 Å². The molecular weight excluding hydrogens is 372 g/mol. The molecule has 0 unspecified atom stereocenters. The molecule has 0 spiro atoms. The minimum absolute atomic E-state index is 0.120. The third-order valence-electron chi connectivity index (χ3n) is 4.37. The maximum atomic E-state index is 12.4. The van der Waals surface area contributed by atoms with Crippen molar-refractivity contribution < 1.29 is 14.4 Å². The Morgan fingerprint density at radius 3 is 2.66 bits per heavy atom. The van der Waals surface area contributed by atoms with Gasteiger partial charge < -0.3 is 9.52 Å². The molecule has 0 saturated heterocycles. The SMILES string of the molecule is O=c1oc2ccccc2cc1-c1cccc(N=Cc2cc([N+](=O)[O-])ccc2O)c1. The number of nitro benzene ring substituents is 1. The van der Waals surface area contributed by atoms with Crippen molar-refractivity contribution in [1.29, 1.82) is 0 Å². The molecule has 1 heterocycles. The van der Waals surface area contributed by atoms with E-state index in [-0.39, 0.29) is 17.0 Å². The van der Waals surface area contributed by atoms with Gasteiger partial charge in [0.1, 0.15) is 11.3 Å². The summed E-state index contributed by atoms with van der Waals surface area (Å²) in [5, 5.41) is 21.6. The molecule has 0 fully saturated rings. The lowest BCUT2D eigenvalue weighted by Gasteiger charge is -2.04. The van der Waals surface area contributed by atoms with Crippen LogP contribution in [0.4, 0.5) is 11.4 Å². The number of aliphatic imine (C=N–C) groups is 1. The molecule has 142 valence electrons. The number of hydrogen-bond acceptors (Lipinski definition) is 6. The molecule has 29 heavy (non-hydrogen) atoms. The van der Waals surface area contributed by atoms with Crippen molar-refractivity contribution in [3.63, 3.8) is 0 Å². The number of nitrogens with zero attached hydrogens (tertiary/aromatic N) is 2. The largest absolute Gasteiger partial charge is 0.507 e. The number of phenolic OH excluding ortho intramolecular Hbond substituents is 1. The Morgan fingerprint density at radius 2 is 1.83 bits per heavy atom. The maximum Gasteiger partial charge on any atom is 0.344 e. The van der Waals surface area contributed by atoms with E-state index in [2.05, 4.69) is 4.99 Å². The number of nitro groups is 1. The van der Waals surface area contributed by atoms with Crippen LogP contribution in [0.25, 0.3) is 22.1 Å². The molecule has 0 amide bonds. The second-order valence-corrected chi connectivity index (χ2v) is 6.29. The molecule has 0 saturated carbocycles. The van der Waals surface area contributed by atoms with E-state index >= 15 is 0 Å². The van der Waals surface area contributed by atoms with Gasteiger partial charge in [0.15, 0.2) is 0 Å². The van der Waals surface area contributed by atoms with Gasteiger partial charge in [-0.3, -0.25) is 15.1 Å². The number of fused-ring (bicyclic) bond motifs is 1. The third-order valence-corrected chi connectivity index (χ3v) is 4.37. The zero-order chi connectivity index (χ0) is 20.4. The summed E-state index contributed by atoms with van der Waals surface area (Å²) in [6, 6.07) is 19.6. The molecular formula is C22H14N2O5. The van der Waals surface area contributed by atoms with E-state index in [9.17, 15) is 20.0 Å². The summed E-state index contributed by atoms with van der Waals surface area (Å²) in [7, 11) is 0. The van der Waals surface area contributed by atoms with Gasteiger partial charge in [0, 0.05) is 29.3 Å². The Labute approximate surface area is 164 Å². The van der Waals surface area contributed by atoms with Crippen LogP contribution in [0.5, 0.6) is 5.75 Å². The van der Waals surface area contributed by atoms with Crippen molar-refractivity contribution in [1.82, 2.24) is 0 Å². The molecule has 0 radical (unpaired) electrons. The van der Waals surface area contributed by atoms with Crippen LogP contribution < -0.4 is 5.63 Å². The van der Waals surface area contributed by atoms with Gasteiger partial charge in [0.25, 0.3) is 5.69 Å². The quantitative estimate of drug-likeness (QED) is 0.234. The van der Waals surface area contributed by atoms with Crippen molar-refractivity contribution in [2.24, 2.45) is 4.99 Å².